The van der Waals surface area contributed by atoms with Gasteiger partial charge in [-0.25, -0.2) is 0 Å². The van der Waals surface area contributed by atoms with Crippen LogP contribution in [0, 0.1) is 5.92 Å². The summed E-state index contributed by atoms with van der Waals surface area (Å²) in [6, 6.07) is 0.885. The van der Waals surface area contributed by atoms with E-state index in [4.69, 9.17) is 0 Å². The van der Waals surface area contributed by atoms with Gasteiger partial charge in [0.1, 0.15) is 0 Å². The highest BCUT2D eigenvalue weighted by Crippen LogP contribution is 2.25. The first-order valence-electron chi connectivity index (χ1n) is 4.94. The van der Waals surface area contributed by atoms with Crippen LogP contribution in [0.3, 0.4) is 0 Å². The fraction of sp³-hybridized carbons (Fsp3) is 1.00. The summed E-state index contributed by atoms with van der Waals surface area (Å²) >= 11 is 0. The van der Waals surface area contributed by atoms with E-state index in [0.29, 0.717) is 0 Å². The lowest BCUT2D eigenvalue weighted by atomic mass is 9.87. The number of hydrogen-bond donors (Lipinski definition) is 0. The van der Waals surface area contributed by atoms with Crippen LogP contribution < -0.4 is 0 Å². The Balaban J connectivity index is 2.27. The van der Waals surface area contributed by atoms with E-state index in [-0.39, 0.29) is 0 Å². The van der Waals surface area contributed by atoms with Gasteiger partial charge < -0.3 is 4.90 Å². The normalized spacial score (nSPS) is 32.7. The topological polar surface area (TPSA) is 3.24 Å². The van der Waals surface area contributed by atoms with E-state index in [1.165, 1.54) is 32.2 Å². The molecule has 1 rings (SSSR count). The Hall–Kier alpha value is -0.0400. The summed E-state index contributed by atoms with van der Waals surface area (Å²) in [6.45, 7) is 5.83. The molecule has 66 valence electrons. The van der Waals surface area contributed by atoms with E-state index < -0.39 is 0 Å². The SMILES string of the molecule is CCN(C)[C@H]1CC[C@@H](C)CC1. The molecule has 0 aliphatic heterocycles. The minimum atomic E-state index is 0.885. The van der Waals surface area contributed by atoms with Gasteiger partial charge in [0.25, 0.3) is 0 Å². The van der Waals surface area contributed by atoms with Crippen LogP contribution in [-0.4, -0.2) is 24.5 Å². The standard InChI is InChI=1S/C10H21N/c1-4-11(3)10-7-5-9(2)6-8-10/h9-10H,4-8H2,1-3H3/t9-,10+. The molecule has 0 N–H and O–H groups in total. The van der Waals surface area contributed by atoms with Gasteiger partial charge >= 0.3 is 0 Å². The molecule has 1 nitrogen and oxygen atoms in total. The fourth-order valence-electron chi connectivity index (χ4n) is 1.94. The molecule has 1 aliphatic rings. The van der Waals surface area contributed by atoms with Crippen molar-refractivity contribution in [2.75, 3.05) is 13.6 Å². The van der Waals surface area contributed by atoms with Crippen molar-refractivity contribution < 1.29 is 0 Å². The lowest BCUT2D eigenvalue weighted by molar-refractivity contribution is 0.177. The second-order valence-corrected chi connectivity index (χ2v) is 3.99. The molecular formula is C10H21N. The van der Waals surface area contributed by atoms with Gasteiger partial charge in [-0.2, -0.15) is 0 Å². The molecule has 0 heterocycles. The van der Waals surface area contributed by atoms with Crippen molar-refractivity contribution in [3.8, 4) is 0 Å². The molecule has 1 saturated carbocycles. The highest BCUT2D eigenvalue weighted by molar-refractivity contribution is 4.75. The van der Waals surface area contributed by atoms with Crippen LogP contribution in [0.2, 0.25) is 0 Å². The fourth-order valence-corrected chi connectivity index (χ4v) is 1.94. The molecule has 0 atom stereocenters. The summed E-state index contributed by atoms with van der Waals surface area (Å²) in [4.78, 5) is 2.49. The zero-order valence-corrected chi connectivity index (χ0v) is 8.14. The molecule has 0 saturated heterocycles. The van der Waals surface area contributed by atoms with E-state index in [0.717, 1.165) is 12.0 Å². The van der Waals surface area contributed by atoms with Crippen molar-refractivity contribution in [1.29, 1.82) is 0 Å². The van der Waals surface area contributed by atoms with Crippen molar-refractivity contribution in [2.24, 2.45) is 5.92 Å². The third-order valence-corrected chi connectivity index (χ3v) is 3.11. The maximum Gasteiger partial charge on any atom is 0.00922 e. The lowest BCUT2D eigenvalue weighted by Crippen LogP contribution is -2.34. The third-order valence-electron chi connectivity index (χ3n) is 3.11. The van der Waals surface area contributed by atoms with E-state index in [9.17, 15) is 0 Å². The Morgan fingerprint density at radius 3 is 2.18 bits per heavy atom. The highest BCUT2D eigenvalue weighted by Gasteiger charge is 2.20. The van der Waals surface area contributed by atoms with E-state index in [2.05, 4.69) is 25.8 Å². The van der Waals surface area contributed by atoms with Gasteiger partial charge in [-0.15, -0.1) is 0 Å². The molecule has 0 bridgehead atoms. The van der Waals surface area contributed by atoms with E-state index in [1.54, 1.807) is 0 Å². The highest BCUT2D eigenvalue weighted by atomic mass is 15.1. The molecule has 0 aromatic carbocycles. The smallest absolute Gasteiger partial charge is 0.00922 e. The van der Waals surface area contributed by atoms with Crippen LogP contribution in [0.1, 0.15) is 39.5 Å². The molecule has 0 aromatic rings. The average Bonchev–Trinajstić information content (AvgIpc) is 2.05. The zero-order chi connectivity index (χ0) is 8.27. The zero-order valence-electron chi connectivity index (χ0n) is 8.14. The summed E-state index contributed by atoms with van der Waals surface area (Å²) in [5, 5.41) is 0. The van der Waals surface area contributed by atoms with Gasteiger partial charge in [0.15, 0.2) is 0 Å². The Morgan fingerprint density at radius 1 is 1.18 bits per heavy atom. The van der Waals surface area contributed by atoms with Crippen molar-refractivity contribution in [3.63, 3.8) is 0 Å². The molecule has 1 heteroatoms. The van der Waals surface area contributed by atoms with Crippen molar-refractivity contribution in [2.45, 2.75) is 45.6 Å². The van der Waals surface area contributed by atoms with E-state index in [1.807, 2.05) is 0 Å². The first kappa shape index (κ1) is 9.05. The Bertz CT molecular complexity index is 103. The van der Waals surface area contributed by atoms with Crippen LogP contribution in [0.25, 0.3) is 0 Å². The minimum absolute atomic E-state index is 0.885. The Labute approximate surface area is 70.8 Å². The first-order chi connectivity index (χ1) is 5.24. The quantitative estimate of drug-likeness (QED) is 0.592. The average molecular weight is 155 g/mol. The maximum absolute atomic E-state index is 2.49. The summed E-state index contributed by atoms with van der Waals surface area (Å²) < 4.78 is 0. The van der Waals surface area contributed by atoms with Crippen LogP contribution >= 0.6 is 0 Å². The largest absolute Gasteiger partial charge is 0.304 e. The Morgan fingerprint density at radius 2 is 1.73 bits per heavy atom. The van der Waals surface area contributed by atoms with Crippen molar-refractivity contribution in [1.82, 2.24) is 4.90 Å². The second-order valence-electron chi connectivity index (χ2n) is 3.99. The first-order valence-corrected chi connectivity index (χ1v) is 4.94. The lowest BCUT2D eigenvalue weighted by Gasteiger charge is -2.32. The molecule has 0 unspecified atom stereocenters. The number of hydrogen-bond acceptors (Lipinski definition) is 1. The second kappa shape index (κ2) is 4.10. The van der Waals surface area contributed by atoms with Gasteiger partial charge in [-0.1, -0.05) is 13.8 Å². The summed E-state index contributed by atoms with van der Waals surface area (Å²) in [7, 11) is 2.25. The molecule has 0 aromatic heterocycles. The molecular weight excluding hydrogens is 134 g/mol. The molecule has 1 aliphatic carbocycles. The van der Waals surface area contributed by atoms with Crippen LogP contribution in [0.15, 0.2) is 0 Å². The van der Waals surface area contributed by atoms with Gasteiger partial charge in [0, 0.05) is 6.04 Å². The summed E-state index contributed by atoms with van der Waals surface area (Å²) in [5.41, 5.74) is 0. The molecule has 1 fully saturated rings. The van der Waals surface area contributed by atoms with Gasteiger partial charge in [-0.3, -0.25) is 0 Å². The van der Waals surface area contributed by atoms with Crippen LogP contribution in [0.5, 0.6) is 0 Å². The van der Waals surface area contributed by atoms with Crippen molar-refractivity contribution in [3.05, 3.63) is 0 Å². The van der Waals surface area contributed by atoms with Gasteiger partial charge in [0.05, 0.1) is 0 Å². The monoisotopic (exact) mass is 155 g/mol. The minimum Gasteiger partial charge on any atom is -0.304 e. The predicted molar refractivity (Wildman–Crippen MR) is 49.7 cm³/mol. The molecule has 0 spiro atoms. The number of rotatable bonds is 2. The van der Waals surface area contributed by atoms with Crippen molar-refractivity contribution >= 4 is 0 Å². The molecule has 0 amide bonds. The molecule has 0 radical (unpaired) electrons. The summed E-state index contributed by atoms with van der Waals surface area (Å²) in [5.74, 6) is 0.983. The Kier molecular flexibility index (Phi) is 3.38. The maximum atomic E-state index is 2.49. The van der Waals surface area contributed by atoms with Gasteiger partial charge in [-0.05, 0) is 45.2 Å². The number of nitrogens with zero attached hydrogens (tertiary/aromatic N) is 1. The van der Waals surface area contributed by atoms with E-state index >= 15 is 0 Å². The van der Waals surface area contributed by atoms with Gasteiger partial charge in [0.2, 0.25) is 0 Å². The summed E-state index contributed by atoms with van der Waals surface area (Å²) in [6.07, 6.45) is 5.72. The predicted octanol–water partition coefficient (Wildman–Crippen LogP) is 2.52. The third kappa shape index (κ3) is 2.48. The molecule has 11 heavy (non-hydrogen) atoms. The van der Waals surface area contributed by atoms with Crippen LogP contribution in [0.4, 0.5) is 0 Å². The van der Waals surface area contributed by atoms with Crippen LogP contribution in [-0.2, 0) is 0 Å².